The molecule has 0 aliphatic heterocycles. The topological polar surface area (TPSA) is 0 Å². The van der Waals surface area contributed by atoms with Crippen molar-refractivity contribution in [1.29, 1.82) is 0 Å². The van der Waals surface area contributed by atoms with E-state index in [-0.39, 0.29) is 21.7 Å². The molecule has 14 aromatic rings. The molecule has 0 amide bonds. The molecule has 0 heterocycles. The van der Waals surface area contributed by atoms with Gasteiger partial charge in [0, 0.05) is 21.7 Å². The molecule has 0 saturated heterocycles. The Balaban J connectivity index is 0.900. The standard InChI is InChI=1S/C90H64/c1-87(2)69-29-17-13-21-53(69)57-37-33-49(45-73(57)87)77-61-25-9-10-26-62(61)78(50-34-38-58-54-22-14-18-30-70(54)88(3,4)74(58)46-50)84-66-43-44-68-82-67(42-41-65(81(66)82)83(77)84)85-79(51-35-39-59-55-23-15-19-31-71(55)89(5,6)75(59)47-51)63-27-11-12-28-64(63)80(86(68)85)52-36-40-60-56-24-16-20-32-72(56)90(7,8)76(60)48-52/h9-48H,1-8H3. The van der Waals surface area contributed by atoms with Crippen LogP contribution in [0, 0.1) is 0 Å². The van der Waals surface area contributed by atoms with Crippen LogP contribution >= 0.6 is 0 Å². The average molecular weight is 1150 g/mol. The van der Waals surface area contributed by atoms with Gasteiger partial charge in [-0.1, -0.05) is 274 Å². The van der Waals surface area contributed by atoms with Crippen LogP contribution in [-0.4, -0.2) is 0 Å². The van der Waals surface area contributed by atoms with Gasteiger partial charge in [0.25, 0.3) is 0 Å². The van der Waals surface area contributed by atoms with E-state index >= 15 is 0 Å². The molecule has 0 atom stereocenters. The van der Waals surface area contributed by atoms with Crippen molar-refractivity contribution in [3.8, 4) is 134 Å². The molecule has 14 aromatic carbocycles. The van der Waals surface area contributed by atoms with E-state index in [1.807, 2.05) is 0 Å². The summed E-state index contributed by atoms with van der Waals surface area (Å²) in [6.07, 6.45) is 0. The number of benzene rings is 14. The summed E-state index contributed by atoms with van der Waals surface area (Å²) in [6.45, 7) is 19.4. The molecule has 0 fully saturated rings. The number of rotatable bonds is 4. The van der Waals surface area contributed by atoms with Crippen molar-refractivity contribution in [3.05, 3.63) is 287 Å². The van der Waals surface area contributed by atoms with Crippen LogP contribution < -0.4 is 0 Å². The van der Waals surface area contributed by atoms with E-state index in [1.54, 1.807) is 0 Å². The summed E-state index contributed by atoms with van der Waals surface area (Å²) in [7, 11) is 0. The number of hydrogen-bond acceptors (Lipinski definition) is 0. The predicted molar refractivity (Wildman–Crippen MR) is 380 cm³/mol. The van der Waals surface area contributed by atoms with Gasteiger partial charge in [-0.15, -0.1) is 0 Å². The first-order chi connectivity index (χ1) is 43.7. The van der Waals surface area contributed by atoms with Crippen molar-refractivity contribution < 1.29 is 0 Å². The maximum Gasteiger partial charge on any atom is 0.0159 e. The Hall–Kier alpha value is -10.1. The highest BCUT2D eigenvalue weighted by molar-refractivity contribution is 6.35. The van der Waals surface area contributed by atoms with Gasteiger partial charge in [0.1, 0.15) is 0 Å². The molecule has 20 rings (SSSR count). The molecule has 0 radical (unpaired) electrons. The third kappa shape index (κ3) is 6.13. The monoisotopic (exact) mass is 1140 g/mol. The highest BCUT2D eigenvalue weighted by Crippen LogP contribution is 2.66. The highest BCUT2D eigenvalue weighted by atomic mass is 14.5. The van der Waals surface area contributed by atoms with Crippen LogP contribution in [-0.2, 0) is 21.7 Å². The second kappa shape index (κ2) is 17.0. The van der Waals surface area contributed by atoms with Gasteiger partial charge < -0.3 is 0 Å². The summed E-state index contributed by atoms with van der Waals surface area (Å²) in [5.74, 6) is 0. The minimum Gasteiger partial charge on any atom is -0.0619 e. The van der Waals surface area contributed by atoms with Crippen LogP contribution in [0.3, 0.4) is 0 Å². The molecule has 0 bridgehead atoms. The fourth-order valence-corrected chi connectivity index (χ4v) is 18.9. The molecule has 0 aromatic heterocycles. The zero-order valence-corrected chi connectivity index (χ0v) is 52.1. The minimum absolute atomic E-state index is 0.164. The molecule has 90 heavy (non-hydrogen) atoms. The van der Waals surface area contributed by atoms with Gasteiger partial charge in [0.2, 0.25) is 0 Å². The van der Waals surface area contributed by atoms with Gasteiger partial charge in [0.05, 0.1) is 0 Å². The first-order valence-corrected chi connectivity index (χ1v) is 32.5. The Kier molecular flexibility index (Phi) is 9.58. The van der Waals surface area contributed by atoms with E-state index in [1.165, 1.54) is 210 Å². The first kappa shape index (κ1) is 50.8. The molecule has 0 unspecified atom stereocenters. The first-order valence-electron chi connectivity index (χ1n) is 32.5. The van der Waals surface area contributed by atoms with E-state index in [0.717, 1.165) is 0 Å². The van der Waals surface area contributed by atoms with Gasteiger partial charge in [-0.05, 0) is 235 Å². The Morgan fingerprint density at radius 2 is 0.356 bits per heavy atom. The summed E-state index contributed by atoms with van der Waals surface area (Å²) in [6, 6.07) is 95.0. The zero-order chi connectivity index (χ0) is 60.2. The molecule has 0 spiro atoms. The van der Waals surface area contributed by atoms with Crippen LogP contribution in [0.15, 0.2) is 243 Å². The molecule has 424 valence electrons. The average Bonchev–Trinajstić information content (AvgIpc) is 1.50. The lowest BCUT2D eigenvalue weighted by Gasteiger charge is -2.25. The van der Waals surface area contributed by atoms with Gasteiger partial charge in [-0.25, -0.2) is 0 Å². The van der Waals surface area contributed by atoms with E-state index in [9.17, 15) is 0 Å². The highest BCUT2D eigenvalue weighted by Gasteiger charge is 2.43. The van der Waals surface area contributed by atoms with Gasteiger partial charge in [0.15, 0.2) is 0 Å². The summed E-state index contributed by atoms with van der Waals surface area (Å²) in [5, 5.41) is 7.84. The largest absolute Gasteiger partial charge is 0.0619 e. The SMILES string of the molecule is CC1(C)c2ccccc2-c2ccc(-c3c4c(c(-c5ccc6c(c5)C(C)(C)c5ccccc5-6)c5ccccc35)-c3ccc5c6c(ccc-4c36)-c3c-5c(-c4ccc5c(c4)C(C)(C)c4ccccc4-5)c4ccccc4c3-c3ccc4c(c3)C(C)(C)c3ccccc3-4)cc21. The van der Waals surface area contributed by atoms with Crippen molar-refractivity contribution >= 4 is 32.3 Å². The van der Waals surface area contributed by atoms with Crippen molar-refractivity contribution in [2.75, 3.05) is 0 Å². The van der Waals surface area contributed by atoms with E-state index < -0.39 is 0 Å². The summed E-state index contributed by atoms with van der Waals surface area (Å²) >= 11 is 0. The van der Waals surface area contributed by atoms with Crippen LogP contribution in [0.2, 0.25) is 0 Å². The molecule has 0 heteroatoms. The molecule has 0 nitrogen and oxygen atoms in total. The van der Waals surface area contributed by atoms with Gasteiger partial charge >= 0.3 is 0 Å². The number of fused-ring (bicyclic) bond motifs is 20. The van der Waals surface area contributed by atoms with E-state index in [4.69, 9.17) is 0 Å². The van der Waals surface area contributed by atoms with Crippen molar-refractivity contribution in [2.24, 2.45) is 0 Å². The Morgan fingerprint density at radius 1 is 0.167 bits per heavy atom. The smallest absolute Gasteiger partial charge is 0.0159 e. The molecule has 6 aliphatic rings. The molecule has 0 N–H and O–H groups in total. The lowest BCUT2D eigenvalue weighted by molar-refractivity contribution is 0.660. The summed E-state index contributed by atoms with van der Waals surface area (Å²) in [5.41, 5.74) is 42.1. The van der Waals surface area contributed by atoms with E-state index in [2.05, 4.69) is 298 Å². The van der Waals surface area contributed by atoms with Crippen LogP contribution in [0.1, 0.15) is 99.9 Å². The fourth-order valence-electron chi connectivity index (χ4n) is 18.9. The van der Waals surface area contributed by atoms with Gasteiger partial charge in [-0.2, -0.15) is 0 Å². The quantitative estimate of drug-likeness (QED) is 0.165. The van der Waals surface area contributed by atoms with Crippen molar-refractivity contribution in [3.63, 3.8) is 0 Å². The summed E-state index contributed by atoms with van der Waals surface area (Å²) < 4.78 is 0. The third-order valence-corrected chi connectivity index (χ3v) is 23.2. The van der Waals surface area contributed by atoms with Crippen molar-refractivity contribution in [2.45, 2.75) is 77.0 Å². The van der Waals surface area contributed by atoms with Crippen LogP contribution in [0.4, 0.5) is 0 Å². The normalized spacial score (nSPS) is 15.7. The third-order valence-electron chi connectivity index (χ3n) is 23.2. The predicted octanol–water partition coefficient (Wildman–Crippen LogP) is 24.3. The lowest BCUT2D eigenvalue weighted by atomic mass is 9.78. The molecular weight excluding hydrogens is 1080 g/mol. The summed E-state index contributed by atoms with van der Waals surface area (Å²) in [4.78, 5) is 0. The van der Waals surface area contributed by atoms with Crippen molar-refractivity contribution in [1.82, 2.24) is 0 Å². The van der Waals surface area contributed by atoms with Crippen LogP contribution in [0.5, 0.6) is 0 Å². The van der Waals surface area contributed by atoms with Gasteiger partial charge in [-0.3, -0.25) is 0 Å². The maximum atomic E-state index is 2.57. The second-order valence-electron chi connectivity index (χ2n) is 28.9. The molecular formula is C90H64. The Bertz CT molecular complexity index is 5010. The Morgan fingerprint density at radius 3 is 0.589 bits per heavy atom. The molecule has 0 saturated carbocycles. The molecule has 6 aliphatic carbocycles. The zero-order valence-electron chi connectivity index (χ0n) is 52.1. The second-order valence-corrected chi connectivity index (χ2v) is 28.9. The Labute approximate surface area is 526 Å². The maximum absolute atomic E-state index is 2.57. The fraction of sp³-hybridized carbons (Fsp3) is 0.133. The lowest BCUT2D eigenvalue weighted by Crippen LogP contribution is -2.15. The van der Waals surface area contributed by atoms with Crippen LogP contribution in [0.25, 0.3) is 166 Å². The van der Waals surface area contributed by atoms with E-state index in [0.29, 0.717) is 0 Å². The minimum atomic E-state index is -0.164. The number of hydrogen-bond donors (Lipinski definition) is 0.